The van der Waals surface area contributed by atoms with Gasteiger partial charge in [-0.25, -0.2) is 9.78 Å². The van der Waals surface area contributed by atoms with E-state index >= 15 is 0 Å². The van der Waals surface area contributed by atoms with Gasteiger partial charge in [0, 0.05) is 28.9 Å². The Hall–Kier alpha value is -3.70. The number of imidazole rings is 1. The largest absolute Gasteiger partial charge is 0.478 e. The van der Waals surface area contributed by atoms with Gasteiger partial charge in [-0.1, -0.05) is 54.6 Å². The van der Waals surface area contributed by atoms with Crippen LogP contribution in [0.5, 0.6) is 0 Å². The van der Waals surface area contributed by atoms with Gasteiger partial charge in [0.25, 0.3) is 0 Å². The summed E-state index contributed by atoms with van der Waals surface area (Å²) in [7, 11) is 0. The summed E-state index contributed by atoms with van der Waals surface area (Å²) in [4.78, 5) is 15.8. The Bertz CT molecular complexity index is 1280. The minimum Gasteiger partial charge on any atom is -0.478 e. The highest BCUT2D eigenvalue weighted by Crippen LogP contribution is 2.40. The van der Waals surface area contributed by atoms with E-state index in [4.69, 9.17) is 15.8 Å². The number of carboxylic acid groups (broad SMARTS) is 1. The van der Waals surface area contributed by atoms with Crippen LogP contribution in [0.15, 0.2) is 79.0 Å². The number of aliphatic carboxylic acids is 1. The topological polar surface area (TPSA) is 80.6 Å². The van der Waals surface area contributed by atoms with Gasteiger partial charge in [-0.05, 0) is 48.6 Å². The zero-order chi connectivity index (χ0) is 21.4. The van der Waals surface area contributed by atoms with Crippen LogP contribution < -0.4 is 5.73 Å². The van der Waals surface area contributed by atoms with Gasteiger partial charge in [-0.3, -0.25) is 4.40 Å². The third-order valence-electron chi connectivity index (χ3n) is 6.09. The zero-order valence-corrected chi connectivity index (χ0v) is 17.0. The van der Waals surface area contributed by atoms with Crippen LogP contribution in [-0.4, -0.2) is 20.5 Å². The number of aromatic nitrogens is 2. The number of hydrogen-bond donors (Lipinski definition) is 2. The molecule has 31 heavy (non-hydrogen) atoms. The van der Waals surface area contributed by atoms with Gasteiger partial charge in [0.15, 0.2) is 0 Å². The van der Waals surface area contributed by atoms with Gasteiger partial charge in [-0.15, -0.1) is 0 Å². The monoisotopic (exact) mass is 409 g/mol. The van der Waals surface area contributed by atoms with Crippen molar-refractivity contribution in [2.24, 2.45) is 5.73 Å². The van der Waals surface area contributed by atoms with Gasteiger partial charge in [0.2, 0.25) is 0 Å². The first-order chi connectivity index (χ1) is 15.0. The maximum absolute atomic E-state index is 10.9. The number of pyridine rings is 1. The maximum atomic E-state index is 10.9. The predicted octanol–water partition coefficient (Wildman–Crippen LogP) is 5.10. The summed E-state index contributed by atoms with van der Waals surface area (Å²) in [6, 6.07) is 22.3. The fraction of sp³-hybridized carbons (Fsp3) is 0.154. The second-order valence-electron chi connectivity index (χ2n) is 8.12. The molecule has 5 heteroatoms. The van der Waals surface area contributed by atoms with Crippen molar-refractivity contribution in [3.63, 3.8) is 0 Å². The molecule has 1 saturated carbocycles. The number of carboxylic acids is 1. The first-order valence-electron chi connectivity index (χ1n) is 10.4. The van der Waals surface area contributed by atoms with Crippen molar-refractivity contribution in [3.8, 4) is 22.5 Å². The average molecular weight is 409 g/mol. The van der Waals surface area contributed by atoms with Crippen LogP contribution in [0, 0.1) is 0 Å². The van der Waals surface area contributed by atoms with Crippen LogP contribution in [-0.2, 0) is 10.3 Å². The van der Waals surface area contributed by atoms with E-state index in [2.05, 4.69) is 36.4 Å². The minimum absolute atomic E-state index is 0.189. The lowest BCUT2D eigenvalue weighted by molar-refractivity contribution is -0.131. The van der Waals surface area contributed by atoms with E-state index in [1.165, 1.54) is 12.0 Å². The Morgan fingerprint density at radius 2 is 1.74 bits per heavy atom. The molecule has 2 aromatic carbocycles. The molecule has 1 fully saturated rings. The molecule has 3 N–H and O–H groups in total. The highest BCUT2D eigenvalue weighted by Gasteiger charge is 2.34. The second-order valence-corrected chi connectivity index (χ2v) is 8.12. The molecule has 2 heterocycles. The maximum Gasteiger partial charge on any atom is 0.328 e. The van der Waals surface area contributed by atoms with Crippen molar-refractivity contribution in [3.05, 3.63) is 90.1 Å². The molecular formula is C26H23N3O2. The predicted molar refractivity (Wildman–Crippen MR) is 122 cm³/mol. The van der Waals surface area contributed by atoms with Crippen molar-refractivity contribution < 1.29 is 9.90 Å². The molecule has 0 radical (unpaired) electrons. The third-order valence-corrected chi connectivity index (χ3v) is 6.09. The first-order valence-corrected chi connectivity index (χ1v) is 10.4. The van der Waals surface area contributed by atoms with Crippen LogP contribution in [0.4, 0.5) is 0 Å². The van der Waals surface area contributed by atoms with E-state index in [1.807, 2.05) is 40.9 Å². The highest BCUT2D eigenvalue weighted by atomic mass is 16.4. The molecule has 0 atom stereocenters. The number of rotatable bonds is 5. The zero-order valence-electron chi connectivity index (χ0n) is 17.0. The number of hydrogen-bond acceptors (Lipinski definition) is 3. The van der Waals surface area contributed by atoms with Crippen molar-refractivity contribution >= 4 is 17.7 Å². The smallest absolute Gasteiger partial charge is 0.328 e. The normalized spacial score (nSPS) is 15.3. The van der Waals surface area contributed by atoms with Crippen molar-refractivity contribution in [2.45, 2.75) is 24.8 Å². The Morgan fingerprint density at radius 1 is 1.00 bits per heavy atom. The molecule has 0 amide bonds. The summed E-state index contributed by atoms with van der Waals surface area (Å²) in [5, 5.41) is 8.96. The standard InChI is InChI=1S/C26H23N3O2/c27-26(15-4-16-26)21-11-9-19(10-12-21)24-25(20-5-2-1-3-6-20)29-17-18(8-14-23(30)31)7-13-22(29)28-24/h1-3,5-14,17H,4,15-16,27H2,(H,30,31)/b14-8+. The molecule has 154 valence electrons. The third kappa shape index (κ3) is 3.53. The molecule has 2 aromatic heterocycles. The number of nitrogens with zero attached hydrogens (tertiary/aromatic N) is 2. The minimum atomic E-state index is -0.973. The molecule has 4 aromatic rings. The highest BCUT2D eigenvalue weighted by molar-refractivity contribution is 5.86. The van der Waals surface area contributed by atoms with Gasteiger partial charge >= 0.3 is 5.97 Å². The average Bonchev–Trinajstić information content (AvgIpc) is 3.15. The number of nitrogens with two attached hydrogens (primary N) is 1. The fourth-order valence-corrected chi connectivity index (χ4v) is 4.21. The SMILES string of the molecule is NC1(c2ccc(-c3nc4ccc(/C=C/C(=O)O)cn4c3-c3ccccc3)cc2)CCC1. The lowest BCUT2D eigenvalue weighted by Crippen LogP contribution is -2.43. The molecule has 5 rings (SSSR count). The van der Waals surface area contributed by atoms with Gasteiger partial charge in [0.05, 0.1) is 11.4 Å². The van der Waals surface area contributed by atoms with Gasteiger partial charge in [-0.2, -0.15) is 0 Å². The number of carbonyl (C=O) groups is 1. The van der Waals surface area contributed by atoms with E-state index in [0.717, 1.165) is 52.6 Å². The van der Waals surface area contributed by atoms with E-state index in [1.54, 1.807) is 6.08 Å². The lowest BCUT2D eigenvalue weighted by atomic mass is 9.72. The first kappa shape index (κ1) is 19.3. The lowest BCUT2D eigenvalue weighted by Gasteiger charge is -2.38. The van der Waals surface area contributed by atoms with E-state index in [9.17, 15) is 4.79 Å². The van der Waals surface area contributed by atoms with Crippen LogP contribution in [0.3, 0.4) is 0 Å². The van der Waals surface area contributed by atoms with Crippen LogP contribution in [0.2, 0.25) is 0 Å². The summed E-state index contributed by atoms with van der Waals surface area (Å²) >= 11 is 0. The van der Waals surface area contributed by atoms with Crippen molar-refractivity contribution in [2.75, 3.05) is 0 Å². The molecule has 0 spiro atoms. The van der Waals surface area contributed by atoms with Crippen molar-refractivity contribution in [1.82, 2.24) is 9.38 Å². The van der Waals surface area contributed by atoms with E-state index in [-0.39, 0.29) is 5.54 Å². The summed E-state index contributed by atoms with van der Waals surface area (Å²) in [6.45, 7) is 0. The molecular weight excluding hydrogens is 386 g/mol. The van der Waals surface area contributed by atoms with Gasteiger partial charge in [0.1, 0.15) is 5.65 Å². The molecule has 0 bridgehead atoms. The molecule has 5 nitrogen and oxygen atoms in total. The summed E-state index contributed by atoms with van der Waals surface area (Å²) in [6.07, 6.45) is 7.89. The molecule has 0 saturated heterocycles. The Labute approximate surface area is 180 Å². The summed E-state index contributed by atoms with van der Waals surface area (Å²) in [5.74, 6) is -0.973. The Kier molecular flexibility index (Phi) is 4.68. The molecule has 0 unspecified atom stereocenters. The van der Waals surface area contributed by atoms with Crippen molar-refractivity contribution in [1.29, 1.82) is 0 Å². The quantitative estimate of drug-likeness (QED) is 0.449. The summed E-state index contributed by atoms with van der Waals surface area (Å²) in [5.41, 5.74) is 13.0. The van der Waals surface area contributed by atoms with E-state index < -0.39 is 5.97 Å². The molecule has 1 aliphatic carbocycles. The van der Waals surface area contributed by atoms with Gasteiger partial charge < -0.3 is 10.8 Å². The number of fused-ring (bicyclic) bond motifs is 1. The molecule has 0 aliphatic heterocycles. The van der Waals surface area contributed by atoms with Crippen LogP contribution >= 0.6 is 0 Å². The molecule has 1 aliphatic rings. The van der Waals surface area contributed by atoms with Crippen LogP contribution in [0.25, 0.3) is 34.2 Å². The van der Waals surface area contributed by atoms with Crippen LogP contribution in [0.1, 0.15) is 30.4 Å². The fourth-order valence-electron chi connectivity index (χ4n) is 4.21. The number of benzene rings is 2. The Morgan fingerprint density at radius 3 is 2.39 bits per heavy atom. The Balaban J connectivity index is 1.66. The second kappa shape index (κ2) is 7.52. The summed E-state index contributed by atoms with van der Waals surface area (Å²) < 4.78 is 2.02. The van der Waals surface area contributed by atoms with E-state index in [0.29, 0.717) is 0 Å².